The molecule has 0 bridgehead atoms. The van der Waals surface area contributed by atoms with Crippen LogP contribution in [-0.2, 0) is 9.53 Å². The fraction of sp³-hybridized carbons (Fsp3) is 0.500. The number of hydrogen-bond donors (Lipinski definition) is 0. The summed E-state index contributed by atoms with van der Waals surface area (Å²) in [5.41, 5.74) is 0. The van der Waals surface area contributed by atoms with E-state index in [1.807, 2.05) is 32.0 Å². The van der Waals surface area contributed by atoms with E-state index in [4.69, 9.17) is 14.2 Å². The lowest BCUT2D eigenvalue weighted by atomic mass is 10.3. The second kappa shape index (κ2) is 6.70. The van der Waals surface area contributed by atoms with E-state index in [9.17, 15) is 4.79 Å². The van der Waals surface area contributed by atoms with Gasteiger partial charge < -0.3 is 14.2 Å². The number of ether oxygens (including phenoxy) is 3. The second-order valence-electron chi connectivity index (χ2n) is 4.07. The first-order valence-electron chi connectivity index (χ1n) is 6.47. The van der Waals surface area contributed by atoms with Gasteiger partial charge in [-0.15, -0.1) is 11.8 Å². The van der Waals surface area contributed by atoms with Crippen molar-refractivity contribution in [3.8, 4) is 11.5 Å². The van der Waals surface area contributed by atoms with Crippen LogP contribution in [0.2, 0.25) is 0 Å². The Kier molecular flexibility index (Phi) is 4.96. The second-order valence-corrected chi connectivity index (χ2v) is 5.35. The molecule has 1 aliphatic heterocycles. The maximum Gasteiger partial charge on any atom is 0.319 e. The molecule has 0 spiro atoms. The fourth-order valence-electron chi connectivity index (χ4n) is 1.79. The van der Waals surface area contributed by atoms with Crippen LogP contribution in [0.15, 0.2) is 23.1 Å². The molecule has 0 N–H and O–H groups in total. The van der Waals surface area contributed by atoms with E-state index in [0.717, 1.165) is 22.8 Å². The molecular formula is C14H18O4S. The third-order valence-corrected chi connectivity index (χ3v) is 4.05. The van der Waals surface area contributed by atoms with Crippen LogP contribution >= 0.6 is 11.8 Å². The van der Waals surface area contributed by atoms with Crippen molar-refractivity contribution in [1.29, 1.82) is 0 Å². The molecule has 0 fully saturated rings. The minimum atomic E-state index is -0.178. The van der Waals surface area contributed by atoms with E-state index >= 15 is 0 Å². The maximum absolute atomic E-state index is 11.8. The van der Waals surface area contributed by atoms with Crippen LogP contribution in [0.5, 0.6) is 11.5 Å². The SMILES string of the molecule is CCOC(=O)C(CC)Sc1ccc2c(c1)OCCO2. The quantitative estimate of drug-likeness (QED) is 0.614. The van der Waals surface area contributed by atoms with Gasteiger partial charge in [-0.05, 0) is 31.5 Å². The number of carbonyl (C=O) groups excluding carboxylic acids is 1. The molecule has 19 heavy (non-hydrogen) atoms. The van der Waals surface area contributed by atoms with Crippen molar-refractivity contribution >= 4 is 17.7 Å². The molecule has 1 aliphatic rings. The lowest BCUT2D eigenvalue weighted by molar-refractivity contribution is -0.142. The van der Waals surface area contributed by atoms with Gasteiger partial charge in [0.1, 0.15) is 18.5 Å². The number of rotatable bonds is 5. The summed E-state index contributed by atoms with van der Waals surface area (Å²) in [7, 11) is 0. The molecule has 0 radical (unpaired) electrons. The summed E-state index contributed by atoms with van der Waals surface area (Å²) in [6.07, 6.45) is 0.734. The summed E-state index contributed by atoms with van der Waals surface area (Å²) in [5, 5.41) is -0.178. The van der Waals surface area contributed by atoms with E-state index in [1.165, 1.54) is 11.8 Å². The third kappa shape index (κ3) is 3.56. The molecule has 4 nitrogen and oxygen atoms in total. The number of hydrogen-bond acceptors (Lipinski definition) is 5. The average molecular weight is 282 g/mol. The summed E-state index contributed by atoms with van der Waals surface area (Å²) in [4.78, 5) is 12.8. The molecule has 104 valence electrons. The Balaban J connectivity index is 2.07. The van der Waals surface area contributed by atoms with Crippen molar-refractivity contribution < 1.29 is 19.0 Å². The van der Waals surface area contributed by atoms with Gasteiger partial charge in [-0.2, -0.15) is 0 Å². The van der Waals surface area contributed by atoms with Gasteiger partial charge in [-0.3, -0.25) is 4.79 Å². The van der Waals surface area contributed by atoms with Crippen LogP contribution in [0.1, 0.15) is 20.3 Å². The van der Waals surface area contributed by atoms with Gasteiger partial charge in [0.15, 0.2) is 11.5 Å². The molecule has 1 aromatic rings. The van der Waals surface area contributed by atoms with E-state index in [0.29, 0.717) is 19.8 Å². The molecule has 0 amide bonds. The third-order valence-electron chi connectivity index (χ3n) is 2.71. The normalized spacial score (nSPS) is 14.8. The van der Waals surface area contributed by atoms with Crippen LogP contribution in [0.3, 0.4) is 0 Å². The highest BCUT2D eigenvalue weighted by Crippen LogP contribution is 2.36. The van der Waals surface area contributed by atoms with Crippen molar-refractivity contribution in [2.75, 3.05) is 19.8 Å². The number of fused-ring (bicyclic) bond motifs is 1. The molecule has 2 rings (SSSR count). The largest absolute Gasteiger partial charge is 0.486 e. The lowest BCUT2D eigenvalue weighted by Crippen LogP contribution is -2.19. The lowest BCUT2D eigenvalue weighted by Gasteiger charge is -2.19. The maximum atomic E-state index is 11.8. The van der Waals surface area contributed by atoms with Gasteiger partial charge in [0.2, 0.25) is 0 Å². The van der Waals surface area contributed by atoms with Gasteiger partial charge in [-0.25, -0.2) is 0 Å². The molecular weight excluding hydrogens is 264 g/mol. The highest BCUT2D eigenvalue weighted by molar-refractivity contribution is 8.00. The standard InChI is InChI=1S/C14H18O4S/c1-3-13(14(15)16-4-2)19-10-5-6-11-12(9-10)18-8-7-17-11/h5-6,9,13H,3-4,7-8H2,1-2H3. The zero-order valence-electron chi connectivity index (χ0n) is 11.2. The zero-order chi connectivity index (χ0) is 13.7. The molecule has 0 saturated carbocycles. The van der Waals surface area contributed by atoms with Crippen LogP contribution in [0.4, 0.5) is 0 Å². The van der Waals surface area contributed by atoms with Crippen molar-refractivity contribution in [2.24, 2.45) is 0 Å². The Morgan fingerprint density at radius 2 is 2.05 bits per heavy atom. The van der Waals surface area contributed by atoms with Gasteiger partial charge in [0.05, 0.1) is 6.61 Å². The van der Waals surface area contributed by atoms with Gasteiger partial charge in [0, 0.05) is 4.90 Å². The molecule has 1 aromatic carbocycles. The Labute approximate surface area is 117 Å². The highest BCUT2D eigenvalue weighted by Gasteiger charge is 2.20. The fourth-order valence-corrected chi connectivity index (χ4v) is 2.78. The van der Waals surface area contributed by atoms with Crippen LogP contribution < -0.4 is 9.47 Å². The Hall–Kier alpha value is -1.36. The average Bonchev–Trinajstić information content (AvgIpc) is 2.44. The molecule has 0 aliphatic carbocycles. The van der Waals surface area contributed by atoms with Crippen LogP contribution in [0.25, 0.3) is 0 Å². The summed E-state index contributed by atoms with van der Waals surface area (Å²) in [5.74, 6) is 1.35. The highest BCUT2D eigenvalue weighted by atomic mass is 32.2. The van der Waals surface area contributed by atoms with Gasteiger partial charge in [0.25, 0.3) is 0 Å². The summed E-state index contributed by atoms with van der Waals surface area (Å²) in [6, 6.07) is 5.75. The van der Waals surface area contributed by atoms with Gasteiger partial charge >= 0.3 is 5.97 Å². The minimum absolute atomic E-state index is 0.162. The number of esters is 1. The van der Waals surface area contributed by atoms with Crippen molar-refractivity contribution in [2.45, 2.75) is 30.4 Å². The Morgan fingerprint density at radius 3 is 2.74 bits per heavy atom. The van der Waals surface area contributed by atoms with Crippen molar-refractivity contribution in [3.63, 3.8) is 0 Å². The predicted octanol–water partition coefficient (Wildman–Crippen LogP) is 2.89. The monoisotopic (exact) mass is 282 g/mol. The van der Waals surface area contributed by atoms with E-state index in [1.54, 1.807) is 0 Å². The van der Waals surface area contributed by atoms with Gasteiger partial charge in [-0.1, -0.05) is 6.92 Å². The summed E-state index contributed by atoms with van der Waals surface area (Å²) >= 11 is 1.50. The smallest absolute Gasteiger partial charge is 0.319 e. The molecule has 0 saturated heterocycles. The first-order chi connectivity index (χ1) is 9.24. The molecule has 1 unspecified atom stereocenters. The minimum Gasteiger partial charge on any atom is -0.486 e. The number of carbonyl (C=O) groups is 1. The topological polar surface area (TPSA) is 44.8 Å². The first-order valence-corrected chi connectivity index (χ1v) is 7.35. The molecule has 1 atom stereocenters. The van der Waals surface area contributed by atoms with Crippen molar-refractivity contribution in [3.05, 3.63) is 18.2 Å². The molecule has 5 heteroatoms. The summed E-state index contributed by atoms with van der Waals surface area (Å²) < 4.78 is 16.1. The van der Waals surface area contributed by atoms with Crippen LogP contribution in [-0.4, -0.2) is 31.0 Å². The molecule has 1 heterocycles. The van der Waals surface area contributed by atoms with E-state index in [2.05, 4.69) is 0 Å². The number of thioether (sulfide) groups is 1. The van der Waals surface area contributed by atoms with E-state index < -0.39 is 0 Å². The Bertz CT molecular complexity index is 447. The summed E-state index contributed by atoms with van der Waals surface area (Å²) in [6.45, 7) is 5.36. The Morgan fingerprint density at radius 1 is 1.32 bits per heavy atom. The first kappa shape index (κ1) is 14.1. The predicted molar refractivity (Wildman–Crippen MR) is 74.0 cm³/mol. The number of benzene rings is 1. The van der Waals surface area contributed by atoms with Crippen LogP contribution in [0, 0.1) is 0 Å². The zero-order valence-corrected chi connectivity index (χ0v) is 12.0. The molecule has 0 aromatic heterocycles. The van der Waals surface area contributed by atoms with Crippen molar-refractivity contribution in [1.82, 2.24) is 0 Å². The van der Waals surface area contributed by atoms with E-state index in [-0.39, 0.29) is 11.2 Å².